The summed E-state index contributed by atoms with van der Waals surface area (Å²) in [6.07, 6.45) is 1.25. The molecule has 1 saturated heterocycles. The predicted octanol–water partition coefficient (Wildman–Crippen LogP) is 5.01. The minimum absolute atomic E-state index is 0.322. The largest absolute Gasteiger partial charge is 0.299 e. The lowest BCUT2D eigenvalue weighted by Crippen LogP contribution is -2.44. The fourth-order valence-corrected chi connectivity index (χ4v) is 3.86. The van der Waals surface area contributed by atoms with Crippen LogP contribution in [-0.4, -0.2) is 18.0 Å². The molecule has 1 fully saturated rings. The van der Waals surface area contributed by atoms with Gasteiger partial charge in [0.15, 0.2) is 0 Å². The first-order valence-electron chi connectivity index (χ1n) is 8.37. The molecule has 0 aromatic heterocycles. The van der Waals surface area contributed by atoms with Crippen molar-refractivity contribution in [2.75, 3.05) is 13.1 Å². The monoisotopic (exact) mass is 293 g/mol. The van der Waals surface area contributed by atoms with Crippen LogP contribution < -0.4 is 0 Å². The number of likely N-dealkylation sites (tertiary alicyclic amines) is 1. The molecule has 0 amide bonds. The van der Waals surface area contributed by atoms with Crippen molar-refractivity contribution in [3.8, 4) is 0 Å². The highest BCUT2D eigenvalue weighted by Gasteiger charge is 2.36. The molecule has 116 valence electrons. The van der Waals surface area contributed by atoms with E-state index < -0.39 is 0 Å². The van der Waals surface area contributed by atoms with E-state index in [2.05, 4.69) is 80.3 Å². The third-order valence-corrected chi connectivity index (χ3v) is 5.04. The van der Waals surface area contributed by atoms with Crippen LogP contribution in [0.1, 0.15) is 42.9 Å². The van der Waals surface area contributed by atoms with Gasteiger partial charge in [-0.25, -0.2) is 0 Å². The third kappa shape index (κ3) is 3.41. The van der Waals surface area contributed by atoms with Gasteiger partial charge in [0.05, 0.1) is 0 Å². The molecule has 0 N–H and O–H groups in total. The minimum atomic E-state index is 0.322. The average molecular weight is 293 g/mol. The molecule has 1 heteroatoms. The van der Waals surface area contributed by atoms with Crippen molar-refractivity contribution < 1.29 is 0 Å². The van der Waals surface area contributed by atoms with E-state index in [0.29, 0.717) is 11.3 Å². The second-order valence-electron chi connectivity index (χ2n) is 7.44. The van der Waals surface area contributed by atoms with Crippen molar-refractivity contribution in [3.63, 3.8) is 0 Å². The maximum atomic E-state index is 2.61. The van der Waals surface area contributed by atoms with Gasteiger partial charge in [0.2, 0.25) is 0 Å². The number of hydrogen-bond donors (Lipinski definition) is 0. The molecule has 1 heterocycles. The Labute approximate surface area is 135 Å². The highest BCUT2D eigenvalue weighted by molar-refractivity contribution is 5.27. The van der Waals surface area contributed by atoms with Crippen molar-refractivity contribution in [1.29, 1.82) is 0 Å². The van der Waals surface area contributed by atoms with Crippen LogP contribution in [-0.2, 0) is 6.54 Å². The normalized spacial score (nSPS) is 21.7. The quantitative estimate of drug-likeness (QED) is 0.769. The fraction of sp³-hybridized carbons (Fsp3) is 0.429. The molecule has 0 spiro atoms. The summed E-state index contributed by atoms with van der Waals surface area (Å²) in [5.41, 5.74) is 4.60. The first-order chi connectivity index (χ1) is 10.5. The summed E-state index contributed by atoms with van der Waals surface area (Å²) in [4.78, 5) is 2.61. The zero-order valence-corrected chi connectivity index (χ0v) is 14.0. The first kappa shape index (κ1) is 15.3. The van der Waals surface area contributed by atoms with Crippen LogP contribution in [0, 0.1) is 12.3 Å². The van der Waals surface area contributed by atoms with Gasteiger partial charge in [0.1, 0.15) is 0 Å². The lowest BCUT2D eigenvalue weighted by atomic mass is 9.70. The van der Waals surface area contributed by atoms with E-state index in [4.69, 9.17) is 0 Å². The van der Waals surface area contributed by atoms with Gasteiger partial charge in [0, 0.05) is 13.1 Å². The van der Waals surface area contributed by atoms with Gasteiger partial charge in [-0.3, -0.25) is 4.90 Å². The Hall–Kier alpha value is -1.60. The Balaban J connectivity index is 1.70. The van der Waals surface area contributed by atoms with E-state index in [0.717, 1.165) is 6.54 Å². The average Bonchev–Trinajstić information content (AvgIpc) is 2.49. The molecular weight excluding hydrogens is 266 g/mol. The molecule has 0 radical (unpaired) electrons. The number of hydrogen-bond acceptors (Lipinski definition) is 1. The smallest absolute Gasteiger partial charge is 0.0233 e. The second-order valence-corrected chi connectivity index (χ2v) is 7.44. The van der Waals surface area contributed by atoms with E-state index in [1.54, 1.807) is 0 Å². The van der Waals surface area contributed by atoms with Crippen LogP contribution in [0.5, 0.6) is 0 Å². The molecule has 1 unspecified atom stereocenters. The number of piperidine rings is 1. The van der Waals surface area contributed by atoms with Gasteiger partial charge < -0.3 is 0 Å². The third-order valence-electron chi connectivity index (χ3n) is 5.04. The van der Waals surface area contributed by atoms with Crippen LogP contribution in [0.4, 0.5) is 0 Å². The molecule has 1 aliphatic heterocycles. The van der Waals surface area contributed by atoms with Crippen LogP contribution in [0.3, 0.4) is 0 Å². The van der Waals surface area contributed by atoms with Crippen LogP contribution >= 0.6 is 0 Å². The van der Waals surface area contributed by atoms with Gasteiger partial charge >= 0.3 is 0 Å². The Morgan fingerprint density at radius 2 is 1.68 bits per heavy atom. The molecule has 1 atom stereocenters. The highest BCUT2D eigenvalue weighted by Crippen LogP contribution is 2.42. The summed E-state index contributed by atoms with van der Waals surface area (Å²) in [5, 5.41) is 0. The Bertz CT molecular complexity index is 598. The van der Waals surface area contributed by atoms with Gasteiger partial charge in [-0.2, -0.15) is 0 Å². The van der Waals surface area contributed by atoms with Gasteiger partial charge in [-0.05, 0) is 42.3 Å². The molecule has 0 saturated carbocycles. The molecular formula is C21H27N. The highest BCUT2D eigenvalue weighted by atomic mass is 15.1. The zero-order chi connectivity index (χ0) is 15.6. The topological polar surface area (TPSA) is 3.24 Å². The van der Waals surface area contributed by atoms with Gasteiger partial charge in [0.25, 0.3) is 0 Å². The van der Waals surface area contributed by atoms with Crippen molar-refractivity contribution in [1.82, 2.24) is 4.90 Å². The van der Waals surface area contributed by atoms with Gasteiger partial charge in [-0.1, -0.05) is 74.0 Å². The lowest BCUT2D eigenvalue weighted by Gasteiger charge is -2.44. The number of nitrogens with zero attached hydrogens (tertiary/aromatic N) is 1. The van der Waals surface area contributed by atoms with E-state index in [9.17, 15) is 0 Å². The maximum Gasteiger partial charge on any atom is 0.0233 e. The fourth-order valence-electron chi connectivity index (χ4n) is 3.86. The van der Waals surface area contributed by atoms with Gasteiger partial charge in [-0.15, -0.1) is 0 Å². The van der Waals surface area contributed by atoms with Crippen molar-refractivity contribution in [2.45, 2.75) is 39.7 Å². The van der Waals surface area contributed by atoms with E-state index in [-0.39, 0.29) is 0 Å². The molecule has 2 aromatic rings. The SMILES string of the molecule is Cc1ccc(C2CCN(Cc3ccccc3)CC2(C)C)cc1. The zero-order valence-electron chi connectivity index (χ0n) is 14.0. The molecule has 2 aromatic carbocycles. The first-order valence-corrected chi connectivity index (χ1v) is 8.37. The van der Waals surface area contributed by atoms with Crippen molar-refractivity contribution >= 4 is 0 Å². The number of aryl methyl sites for hydroxylation is 1. The molecule has 0 bridgehead atoms. The minimum Gasteiger partial charge on any atom is -0.299 e. The summed E-state index contributed by atoms with van der Waals surface area (Å²) in [5.74, 6) is 0.667. The maximum absolute atomic E-state index is 2.61. The molecule has 22 heavy (non-hydrogen) atoms. The Morgan fingerprint density at radius 3 is 2.32 bits per heavy atom. The molecule has 1 nitrogen and oxygen atoms in total. The van der Waals surface area contributed by atoms with Crippen molar-refractivity contribution in [2.24, 2.45) is 5.41 Å². The lowest BCUT2D eigenvalue weighted by molar-refractivity contribution is 0.0873. The van der Waals surface area contributed by atoms with Crippen LogP contribution in [0.25, 0.3) is 0 Å². The predicted molar refractivity (Wildman–Crippen MR) is 94.0 cm³/mol. The standard InChI is InChI=1S/C21H27N/c1-17-9-11-19(12-10-17)20-13-14-22(16-21(20,2)3)15-18-7-5-4-6-8-18/h4-12,20H,13-16H2,1-3H3. The summed E-state index contributed by atoms with van der Waals surface area (Å²) in [6.45, 7) is 10.4. The summed E-state index contributed by atoms with van der Waals surface area (Å²) >= 11 is 0. The molecule has 0 aliphatic carbocycles. The van der Waals surface area contributed by atoms with Crippen molar-refractivity contribution in [3.05, 3.63) is 71.3 Å². The Morgan fingerprint density at radius 1 is 1.00 bits per heavy atom. The number of benzene rings is 2. The van der Waals surface area contributed by atoms with E-state index in [1.807, 2.05) is 0 Å². The number of rotatable bonds is 3. The summed E-state index contributed by atoms with van der Waals surface area (Å²) < 4.78 is 0. The second kappa shape index (κ2) is 6.26. The van der Waals surface area contributed by atoms with E-state index in [1.165, 1.54) is 36.2 Å². The van der Waals surface area contributed by atoms with E-state index >= 15 is 0 Å². The molecule has 1 aliphatic rings. The van der Waals surface area contributed by atoms with Crippen LogP contribution in [0.2, 0.25) is 0 Å². The summed E-state index contributed by atoms with van der Waals surface area (Å²) in [6, 6.07) is 20.0. The van der Waals surface area contributed by atoms with Crippen LogP contribution in [0.15, 0.2) is 54.6 Å². The Kier molecular flexibility index (Phi) is 4.35. The summed E-state index contributed by atoms with van der Waals surface area (Å²) in [7, 11) is 0. The molecule has 3 rings (SSSR count).